The SMILES string of the molecule is COc1cccc(OCC(=O)N(CCc2ccccn2)Cc2ccccc2)c1. The number of pyridine rings is 1. The molecule has 0 atom stereocenters. The number of ether oxygens (including phenoxy) is 2. The maximum Gasteiger partial charge on any atom is 0.260 e. The van der Waals surface area contributed by atoms with Gasteiger partial charge in [0, 0.05) is 37.5 Å². The van der Waals surface area contributed by atoms with Crippen molar-refractivity contribution in [2.75, 3.05) is 20.3 Å². The molecule has 0 saturated carbocycles. The number of rotatable bonds is 9. The van der Waals surface area contributed by atoms with Crippen LogP contribution in [0.15, 0.2) is 79.0 Å². The lowest BCUT2D eigenvalue weighted by molar-refractivity contribution is -0.134. The van der Waals surface area contributed by atoms with Crippen LogP contribution in [0.1, 0.15) is 11.3 Å². The molecule has 0 bridgehead atoms. The summed E-state index contributed by atoms with van der Waals surface area (Å²) < 4.78 is 10.9. The fourth-order valence-electron chi connectivity index (χ4n) is 2.82. The summed E-state index contributed by atoms with van der Waals surface area (Å²) in [7, 11) is 1.60. The van der Waals surface area contributed by atoms with Crippen molar-refractivity contribution >= 4 is 5.91 Å². The second-order valence-electron chi connectivity index (χ2n) is 6.34. The zero-order valence-corrected chi connectivity index (χ0v) is 16.0. The van der Waals surface area contributed by atoms with Crippen LogP contribution in [0.3, 0.4) is 0 Å². The van der Waals surface area contributed by atoms with E-state index < -0.39 is 0 Å². The van der Waals surface area contributed by atoms with Crippen LogP contribution in [0.2, 0.25) is 0 Å². The van der Waals surface area contributed by atoms with Gasteiger partial charge in [-0.25, -0.2) is 0 Å². The molecule has 0 radical (unpaired) electrons. The lowest BCUT2D eigenvalue weighted by Gasteiger charge is -2.23. The number of methoxy groups -OCH3 is 1. The van der Waals surface area contributed by atoms with E-state index in [1.54, 1.807) is 19.4 Å². The Balaban J connectivity index is 1.64. The van der Waals surface area contributed by atoms with Crippen molar-refractivity contribution in [3.63, 3.8) is 0 Å². The van der Waals surface area contributed by atoms with Gasteiger partial charge in [0.15, 0.2) is 6.61 Å². The van der Waals surface area contributed by atoms with Gasteiger partial charge in [-0.2, -0.15) is 0 Å². The zero-order chi connectivity index (χ0) is 19.6. The molecule has 0 aliphatic carbocycles. The molecule has 1 amide bonds. The summed E-state index contributed by atoms with van der Waals surface area (Å²) in [5, 5.41) is 0. The van der Waals surface area contributed by atoms with Crippen LogP contribution in [0.4, 0.5) is 0 Å². The Hall–Kier alpha value is -3.34. The topological polar surface area (TPSA) is 51.7 Å². The fourth-order valence-corrected chi connectivity index (χ4v) is 2.82. The Labute approximate surface area is 165 Å². The van der Waals surface area contributed by atoms with E-state index in [-0.39, 0.29) is 12.5 Å². The second kappa shape index (κ2) is 10.1. The fraction of sp³-hybridized carbons (Fsp3) is 0.217. The van der Waals surface area contributed by atoms with E-state index in [1.807, 2.05) is 71.6 Å². The summed E-state index contributed by atoms with van der Waals surface area (Å²) in [6.07, 6.45) is 2.46. The van der Waals surface area contributed by atoms with Crippen LogP contribution in [0.5, 0.6) is 11.5 Å². The molecular weight excluding hydrogens is 352 g/mol. The maximum absolute atomic E-state index is 12.8. The smallest absolute Gasteiger partial charge is 0.260 e. The van der Waals surface area contributed by atoms with Gasteiger partial charge in [-0.15, -0.1) is 0 Å². The molecule has 0 spiro atoms. The Bertz CT molecular complexity index is 869. The molecule has 0 aliphatic rings. The Morgan fingerprint density at radius 2 is 1.75 bits per heavy atom. The Morgan fingerprint density at radius 1 is 0.964 bits per heavy atom. The number of carbonyl (C=O) groups is 1. The molecule has 28 heavy (non-hydrogen) atoms. The van der Waals surface area contributed by atoms with Gasteiger partial charge in [-0.3, -0.25) is 9.78 Å². The maximum atomic E-state index is 12.8. The quantitative estimate of drug-likeness (QED) is 0.571. The van der Waals surface area contributed by atoms with Gasteiger partial charge in [0.05, 0.1) is 7.11 Å². The number of hydrogen-bond donors (Lipinski definition) is 0. The first-order valence-corrected chi connectivity index (χ1v) is 9.23. The van der Waals surface area contributed by atoms with Crippen molar-refractivity contribution in [3.8, 4) is 11.5 Å². The van der Waals surface area contributed by atoms with E-state index in [2.05, 4.69) is 4.98 Å². The van der Waals surface area contributed by atoms with Crippen LogP contribution < -0.4 is 9.47 Å². The minimum absolute atomic E-state index is 0.0256. The third kappa shape index (κ3) is 5.84. The molecule has 0 N–H and O–H groups in total. The summed E-state index contributed by atoms with van der Waals surface area (Å²) >= 11 is 0. The minimum Gasteiger partial charge on any atom is -0.497 e. The predicted molar refractivity (Wildman–Crippen MR) is 108 cm³/mol. The van der Waals surface area contributed by atoms with Crippen LogP contribution in [-0.4, -0.2) is 36.1 Å². The first-order valence-electron chi connectivity index (χ1n) is 9.23. The van der Waals surface area contributed by atoms with Gasteiger partial charge in [-0.05, 0) is 29.8 Å². The third-order valence-electron chi connectivity index (χ3n) is 4.34. The molecule has 1 aromatic heterocycles. The van der Waals surface area contributed by atoms with E-state index >= 15 is 0 Å². The van der Waals surface area contributed by atoms with Gasteiger partial charge in [0.2, 0.25) is 0 Å². The average Bonchev–Trinajstić information content (AvgIpc) is 2.76. The van der Waals surface area contributed by atoms with Crippen molar-refractivity contribution in [3.05, 3.63) is 90.3 Å². The summed E-state index contributed by atoms with van der Waals surface area (Å²) in [6, 6.07) is 23.0. The zero-order valence-electron chi connectivity index (χ0n) is 16.0. The first kappa shape index (κ1) is 19.4. The number of hydrogen-bond acceptors (Lipinski definition) is 4. The normalized spacial score (nSPS) is 10.3. The van der Waals surface area contributed by atoms with Crippen molar-refractivity contribution in [1.29, 1.82) is 0 Å². The number of nitrogens with zero attached hydrogens (tertiary/aromatic N) is 2. The van der Waals surface area contributed by atoms with Crippen molar-refractivity contribution in [2.24, 2.45) is 0 Å². The lowest BCUT2D eigenvalue weighted by Crippen LogP contribution is -2.36. The van der Waals surface area contributed by atoms with E-state index in [4.69, 9.17) is 9.47 Å². The summed E-state index contributed by atoms with van der Waals surface area (Å²) in [6.45, 7) is 1.09. The molecule has 0 saturated heterocycles. The number of amides is 1. The van der Waals surface area contributed by atoms with Crippen molar-refractivity contribution < 1.29 is 14.3 Å². The largest absolute Gasteiger partial charge is 0.497 e. The lowest BCUT2D eigenvalue weighted by atomic mass is 10.2. The van der Waals surface area contributed by atoms with E-state index in [1.165, 1.54) is 0 Å². The standard InChI is InChI=1S/C23H24N2O3/c1-27-21-11-7-12-22(16-21)28-18-23(26)25(17-19-8-3-2-4-9-19)15-13-20-10-5-6-14-24-20/h2-12,14,16H,13,15,17-18H2,1H3. The molecule has 2 aromatic carbocycles. The highest BCUT2D eigenvalue weighted by Crippen LogP contribution is 2.19. The van der Waals surface area contributed by atoms with Gasteiger partial charge >= 0.3 is 0 Å². The molecule has 5 nitrogen and oxygen atoms in total. The molecule has 144 valence electrons. The molecular formula is C23H24N2O3. The van der Waals surface area contributed by atoms with Gasteiger partial charge in [0.1, 0.15) is 11.5 Å². The molecule has 5 heteroatoms. The van der Waals surface area contributed by atoms with Crippen LogP contribution in [0.25, 0.3) is 0 Å². The second-order valence-corrected chi connectivity index (χ2v) is 6.34. The number of benzene rings is 2. The molecule has 3 aromatic rings. The molecule has 1 heterocycles. The Morgan fingerprint density at radius 3 is 2.50 bits per heavy atom. The van der Waals surface area contributed by atoms with E-state index in [0.717, 1.165) is 11.3 Å². The van der Waals surface area contributed by atoms with E-state index in [0.29, 0.717) is 31.0 Å². The van der Waals surface area contributed by atoms with Crippen molar-refractivity contribution in [2.45, 2.75) is 13.0 Å². The monoisotopic (exact) mass is 376 g/mol. The van der Waals surface area contributed by atoms with E-state index in [9.17, 15) is 4.79 Å². The average molecular weight is 376 g/mol. The highest BCUT2D eigenvalue weighted by atomic mass is 16.5. The first-order chi connectivity index (χ1) is 13.7. The third-order valence-corrected chi connectivity index (χ3v) is 4.34. The highest BCUT2D eigenvalue weighted by Gasteiger charge is 2.15. The molecule has 0 aliphatic heterocycles. The summed E-state index contributed by atoms with van der Waals surface area (Å²) in [4.78, 5) is 19.0. The van der Waals surface area contributed by atoms with Crippen molar-refractivity contribution in [1.82, 2.24) is 9.88 Å². The minimum atomic E-state index is -0.0670. The number of carbonyl (C=O) groups excluding carboxylic acids is 1. The molecule has 3 rings (SSSR count). The predicted octanol–water partition coefficient (Wildman–Crippen LogP) is 3.74. The van der Waals surface area contributed by atoms with Gasteiger partial charge < -0.3 is 14.4 Å². The molecule has 0 fully saturated rings. The van der Waals surface area contributed by atoms with Crippen LogP contribution in [-0.2, 0) is 17.8 Å². The summed E-state index contributed by atoms with van der Waals surface area (Å²) in [5.41, 5.74) is 2.04. The highest BCUT2D eigenvalue weighted by molar-refractivity contribution is 5.77. The van der Waals surface area contributed by atoms with Gasteiger partial charge in [-0.1, -0.05) is 42.5 Å². The van der Waals surface area contributed by atoms with Crippen LogP contribution in [0, 0.1) is 0 Å². The number of aromatic nitrogens is 1. The summed E-state index contributed by atoms with van der Waals surface area (Å²) in [5.74, 6) is 1.24. The Kier molecular flexibility index (Phi) is 7.01. The van der Waals surface area contributed by atoms with Gasteiger partial charge in [0.25, 0.3) is 5.91 Å². The van der Waals surface area contributed by atoms with Crippen LogP contribution >= 0.6 is 0 Å². The molecule has 0 unspecified atom stereocenters.